The first-order chi connectivity index (χ1) is 19.1. The molecule has 0 saturated carbocycles. The predicted octanol–water partition coefficient (Wildman–Crippen LogP) is 6.61. The van der Waals surface area contributed by atoms with E-state index in [4.69, 9.17) is 9.84 Å². The average Bonchev–Trinajstić information content (AvgIpc) is 3.41. The summed E-state index contributed by atoms with van der Waals surface area (Å²) in [7, 11) is 1.56. The normalized spacial score (nSPS) is 15.7. The lowest BCUT2D eigenvalue weighted by Crippen LogP contribution is -2.30. The number of anilines is 3. The number of para-hydroxylation sites is 2. The molecule has 0 bridgehead atoms. The molecule has 6 rings (SSSR count). The van der Waals surface area contributed by atoms with E-state index < -0.39 is 5.91 Å². The first kappa shape index (κ1) is 24.8. The summed E-state index contributed by atoms with van der Waals surface area (Å²) >= 11 is 1.72. The Morgan fingerprint density at radius 1 is 0.897 bits per heavy atom. The van der Waals surface area contributed by atoms with Gasteiger partial charge >= 0.3 is 0 Å². The lowest BCUT2D eigenvalue weighted by atomic mass is 10.0. The molecule has 0 radical (unpaired) electrons. The fourth-order valence-electron chi connectivity index (χ4n) is 4.90. The highest BCUT2D eigenvalue weighted by molar-refractivity contribution is 7.99. The average molecular weight is 535 g/mol. The van der Waals surface area contributed by atoms with Crippen molar-refractivity contribution in [2.24, 2.45) is 5.10 Å². The molecule has 39 heavy (non-hydrogen) atoms. The zero-order valence-electron chi connectivity index (χ0n) is 21.3. The van der Waals surface area contributed by atoms with Gasteiger partial charge in [-0.2, -0.15) is 5.10 Å². The minimum absolute atomic E-state index is 0.327. The van der Waals surface area contributed by atoms with E-state index in [9.17, 15) is 9.59 Å². The second-order valence-corrected chi connectivity index (χ2v) is 10.3. The van der Waals surface area contributed by atoms with E-state index in [1.54, 1.807) is 43.1 Å². The molecule has 194 valence electrons. The van der Waals surface area contributed by atoms with Gasteiger partial charge in [-0.05, 0) is 42.0 Å². The SMILES string of the molecule is COc1cccc(NC(=O)CC(=O)N2N=C(N3c4ccccc4Sc4ccccc43)CC2c2ccccc2)c1. The number of hydrogen-bond acceptors (Lipinski definition) is 6. The first-order valence-electron chi connectivity index (χ1n) is 12.6. The maximum atomic E-state index is 13.6. The third-order valence-electron chi connectivity index (χ3n) is 6.69. The number of methoxy groups -OCH3 is 1. The molecule has 1 unspecified atom stereocenters. The number of benzene rings is 4. The Kier molecular flexibility index (Phi) is 6.77. The monoisotopic (exact) mass is 534 g/mol. The predicted molar refractivity (Wildman–Crippen MR) is 153 cm³/mol. The molecule has 2 aliphatic heterocycles. The lowest BCUT2D eigenvalue weighted by molar-refractivity contribution is -0.136. The number of rotatable bonds is 5. The maximum absolute atomic E-state index is 13.6. The summed E-state index contributed by atoms with van der Waals surface area (Å²) in [5.41, 5.74) is 3.58. The summed E-state index contributed by atoms with van der Waals surface area (Å²) in [6.45, 7) is 0. The summed E-state index contributed by atoms with van der Waals surface area (Å²) in [5.74, 6) is 0.601. The van der Waals surface area contributed by atoms with Crippen molar-refractivity contribution in [3.05, 3.63) is 109 Å². The van der Waals surface area contributed by atoms with Gasteiger partial charge in [0.2, 0.25) is 5.91 Å². The topological polar surface area (TPSA) is 74.2 Å². The van der Waals surface area contributed by atoms with Crippen LogP contribution in [-0.2, 0) is 9.59 Å². The Hall–Kier alpha value is -4.56. The first-order valence-corrected chi connectivity index (χ1v) is 13.5. The summed E-state index contributed by atoms with van der Waals surface area (Å²) in [5, 5.41) is 9.14. The van der Waals surface area contributed by atoms with Gasteiger partial charge in [-0.1, -0.05) is 72.4 Å². The molecule has 7 nitrogen and oxygen atoms in total. The smallest absolute Gasteiger partial charge is 0.252 e. The largest absolute Gasteiger partial charge is 0.497 e. The van der Waals surface area contributed by atoms with E-state index in [-0.39, 0.29) is 18.4 Å². The lowest BCUT2D eigenvalue weighted by Gasteiger charge is -2.32. The number of amides is 2. The molecule has 1 N–H and O–H groups in total. The van der Waals surface area contributed by atoms with Gasteiger partial charge in [0.1, 0.15) is 18.0 Å². The number of hydrazone groups is 1. The molecule has 1 atom stereocenters. The van der Waals surface area contributed by atoms with Crippen molar-refractivity contribution in [2.75, 3.05) is 17.3 Å². The van der Waals surface area contributed by atoms with Crippen LogP contribution >= 0.6 is 11.8 Å². The number of fused-ring (bicyclic) bond motifs is 2. The van der Waals surface area contributed by atoms with Gasteiger partial charge in [-0.15, -0.1) is 0 Å². The second kappa shape index (κ2) is 10.7. The molecule has 0 spiro atoms. The van der Waals surface area contributed by atoms with E-state index in [1.807, 2.05) is 54.6 Å². The van der Waals surface area contributed by atoms with Crippen LogP contribution in [0.1, 0.15) is 24.4 Å². The van der Waals surface area contributed by atoms with Crippen LogP contribution in [0, 0.1) is 0 Å². The molecule has 4 aromatic carbocycles. The van der Waals surface area contributed by atoms with E-state index in [2.05, 4.69) is 34.5 Å². The van der Waals surface area contributed by atoms with E-state index in [1.165, 1.54) is 5.01 Å². The van der Waals surface area contributed by atoms with E-state index in [0.29, 0.717) is 17.9 Å². The van der Waals surface area contributed by atoms with Crippen molar-refractivity contribution in [3.63, 3.8) is 0 Å². The van der Waals surface area contributed by atoms with Crippen molar-refractivity contribution in [1.82, 2.24) is 5.01 Å². The summed E-state index contributed by atoms with van der Waals surface area (Å²) in [6, 6.07) is 33.0. The molecule has 2 heterocycles. The molecule has 2 aliphatic rings. The van der Waals surface area contributed by atoms with Crippen LogP contribution in [0.2, 0.25) is 0 Å². The summed E-state index contributed by atoms with van der Waals surface area (Å²) in [6.07, 6.45) is 0.181. The molecule has 0 aliphatic carbocycles. The highest BCUT2D eigenvalue weighted by atomic mass is 32.2. The van der Waals surface area contributed by atoms with Gasteiger partial charge in [0.25, 0.3) is 5.91 Å². The minimum atomic E-state index is -0.409. The standard InChI is InChI=1S/C31H26N4O3S/c1-38-23-13-9-12-22(18-23)32-30(36)20-31(37)35-26(21-10-3-2-4-11-21)19-29(33-35)34-24-14-5-7-16-27(24)39-28-17-8-6-15-25(28)34/h2-18,26H,19-20H2,1H3,(H,32,36). The van der Waals surface area contributed by atoms with Gasteiger partial charge < -0.3 is 10.1 Å². The van der Waals surface area contributed by atoms with Crippen molar-refractivity contribution in [1.29, 1.82) is 0 Å². The maximum Gasteiger partial charge on any atom is 0.252 e. The van der Waals surface area contributed by atoms with Gasteiger partial charge in [-0.25, -0.2) is 5.01 Å². The third-order valence-corrected chi connectivity index (χ3v) is 7.82. The number of nitrogens with one attached hydrogen (secondary N) is 1. The highest BCUT2D eigenvalue weighted by Crippen LogP contribution is 2.49. The van der Waals surface area contributed by atoms with Crippen molar-refractivity contribution in [2.45, 2.75) is 28.7 Å². The number of ether oxygens (including phenoxy) is 1. The van der Waals surface area contributed by atoms with E-state index >= 15 is 0 Å². The number of amidine groups is 1. The van der Waals surface area contributed by atoms with Gasteiger partial charge in [0.15, 0.2) is 0 Å². The van der Waals surface area contributed by atoms with Crippen LogP contribution in [-0.4, -0.2) is 29.8 Å². The summed E-state index contributed by atoms with van der Waals surface area (Å²) in [4.78, 5) is 30.8. The molecule has 0 saturated heterocycles. The minimum Gasteiger partial charge on any atom is -0.497 e. The Morgan fingerprint density at radius 3 is 2.26 bits per heavy atom. The molecular formula is C31H26N4O3S. The molecule has 4 aromatic rings. The number of carbonyl (C=O) groups is 2. The fraction of sp³-hybridized carbons (Fsp3) is 0.129. The van der Waals surface area contributed by atoms with Crippen molar-refractivity contribution in [3.8, 4) is 5.75 Å². The molecular weight excluding hydrogens is 508 g/mol. The third kappa shape index (κ3) is 4.98. The van der Waals surface area contributed by atoms with Crippen LogP contribution in [0.15, 0.2) is 118 Å². The van der Waals surface area contributed by atoms with Gasteiger partial charge in [0.05, 0.1) is 24.5 Å². The summed E-state index contributed by atoms with van der Waals surface area (Å²) < 4.78 is 5.23. The number of nitrogens with zero attached hydrogens (tertiary/aromatic N) is 3. The van der Waals surface area contributed by atoms with Gasteiger partial charge in [-0.3, -0.25) is 14.5 Å². The Bertz CT molecular complexity index is 1530. The van der Waals surface area contributed by atoms with Crippen LogP contribution in [0.3, 0.4) is 0 Å². The van der Waals surface area contributed by atoms with Crippen LogP contribution in [0.25, 0.3) is 0 Å². The van der Waals surface area contributed by atoms with Crippen LogP contribution in [0.5, 0.6) is 5.75 Å². The van der Waals surface area contributed by atoms with Crippen molar-refractivity contribution < 1.29 is 14.3 Å². The van der Waals surface area contributed by atoms with E-state index in [0.717, 1.165) is 32.6 Å². The Balaban J connectivity index is 1.32. The number of hydrogen-bond donors (Lipinski definition) is 1. The molecule has 0 fully saturated rings. The fourth-order valence-corrected chi connectivity index (χ4v) is 5.96. The number of carbonyl (C=O) groups excluding carboxylic acids is 2. The van der Waals surface area contributed by atoms with Crippen molar-refractivity contribution >= 4 is 46.5 Å². The van der Waals surface area contributed by atoms with Crippen LogP contribution in [0.4, 0.5) is 17.1 Å². The molecule has 2 amide bonds. The molecule has 8 heteroatoms. The quantitative estimate of drug-likeness (QED) is 0.292. The Morgan fingerprint density at radius 2 is 1.56 bits per heavy atom. The zero-order valence-corrected chi connectivity index (χ0v) is 22.1. The van der Waals surface area contributed by atoms with Crippen LogP contribution < -0.4 is 15.0 Å². The Labute approximate surface area is 231 Å². The van der Waals surface area contributed by atoms with Gasteiger partial charge in [0, 0.05) is 28.0 Å². The zero-order chi connectivity index (χ0) is 26.8. The highest BCUT2D eigenvalue weighted by Gasteiger charge is 2.38. The second-order valence-electron chi connectivity index (χ2n) is 9.21. The molecule has 0 aromatic heterocycles.